The van der Waals surface area contributed by atoms with Gasteiger partial charge in [0.2, 0.25) is 0 Å². The summed E-state index contributed by atoms with van der Waals surface area (Å²) in [6.45, 7) is 9.72. The molecule has 0 bridgehead atoms. The van der Waals surface area contributed by atoms with Gasteiger partial charge in [-0.25, -0.2) is 9.18 Å². The molecule has 32 heavy (non-hydrogen) atoms. The molecule has 2 aromatic carbocycles. The molecule has 2 fully saturated rings. The monoisotopic (exact) mass is 433 g/mol. The number of nitrogens with zero attached hydrogens (tertiary/aromatic N) is 3. The summed E-state index contributed by atoms with van der Waals surface area (Å²) in [4.78, 5) is 16.2. The number of nitrogens with one attached hydrogen (secondary N) is 1. The van der Waals surface area contributed by atoms with Gasteiger partial charge < -0.3 is 19.7 Å². The van der Waals surface area contributed by atoms with Gasteiger partial charge in [0, 0.05) is 67.5 Å². The molecule has 3 heterocycles. The number of carbonyl (C=O) groups excluding carboxylic acids is 1. The van der Waals surface area contributed by atoms with Gasteiger partial charge in [-0.1, -0.05) is 23.8 Å². The van der Waals surface area contributed by atoms with Gasteiger partial charge in [0.05, 0.1) is 0 Å². The molecule has 2 saturated heterocycles. The van der Waals surface area contributed by atoms with Crippen molar-refractivity contribution in [2.75, 3.05) is 39.3 Å². The minimum atomic E-state index is -0.204. The van der Waals surface area contributed by atoms with Gasteiger partial charge in [-0.15, -0.1) is 0 Å². The number of rotatable bonds is 5. The molecule has 6 heteroatoms. The zero-order chi connectivity index (χ0) is 22.2. The SMILES string of the molecule is Cc1ccc2c(c1)c(-c1ccc(F)cc1)c(C)n2C1CCN(CCN2CCN[11C]2=O)CC1. The highest BCUT2D eigenvalue weighted by Crippen LogP contribution is 2.39. The second-order valence-corrected chi connectivity index (χ2v) is 9.15. The normalized spacial score (nSPS) is 18.0. The number of aromatic nitrogens is 1. The van der Waals surface area contributed by atoms with Crippen LogP contribution in [0.4, 0.5) is 9.18 Å². The number of urea groups is 1. The molecule has 0 atom stereocenters. The van der Waals surface area contributed by atoms with Crippen LogP contribution in [-0.4, -0.2) is 59.7 Å². The second-order valence-electron chi connectivity index (χ2n) is 9.15. The van der Waals surface area contributed by atoms with Crippen molar-refractivity contribution >= 4 is 16.9 Å². The molecule has 1 aromatic heterocycles. The van der Waals surface area contributed by atoms with Crippen molar-refractivity contribution in [1.29, 1.82) is 0 Å². The third-order valence-corrected chi connectivity index (χ3v) is 7.09. The number of fused-ring (bicyclic) bond motifs is 1. The number of likely N-dealkylation sites (tertiary alicyclic amines) is 1. The first-order valence-electron chi connectivity index (χ1n) is 11.6. The van der Waals surface area contributed by atoms with E-state index >= 15 is 0 Å². The van der Waals surface area contributed by atoms with E-state index in [9.17, 15) is 9.18 Å². The molecule has 0 spiro atoms. The quantitative estimate of drug-likeness (QED) is 0.632. The lowest BCUT2D eigenvalue weighted by Crippen LogP contribution is -2.41. The second kappa shape index (κ2) is 8.58. The third kappa shape index (κ3) is 3.88. The number of carbonyl (C=O) groups is 1. The molecule has 3 aromatic rings. The van der Waals surface area contributed by atoms with E-state index in [0.717, 1.165) is 57.7 Å². The highest BCUT2D eigenvalue weighted by atomic mass is 19.1. The van der Waals surface area contributed by atoms with E-state index in [-0.39, 0.29) is 11.8 Å². The number of aryl methyl sites for hydroxylation is 1. The van der Waals surface area contributed by atoms with Crippen LogP contribution in [0.2, 0.25) is 0 Å². The predicted octanol–water partition coefficient (Wildman–Crippen LogP) is 4.73. The van der Waals surface area contributed by atoms with Gasteiger partial charge in [0.25, 0.3) is 0 Å². The lowest BCUT2D eigenvalue weighted by atomic mass is 10.0. The summed E-state index contributed by atoms with van der Waals surface area (Å²) in [5, 5.41) is 4.12. The zero-order valence-corrected chi connectivity index (χ0v) is 18.9. The largest absolute Gasteiger partial charge is 0.341 e. The predicted molar refractivity (Wildman–Crippen MR) is 126 cm³/mol. The Kier molecular flexibility index (Phi) is 5.64. The first-order valence-corrected chi connectivity index (χ1v) is 11.6. The van der Waals surface area contributed by atoms with Crippen molar-refractivity contribution in [2.24, 2.45) is 0 Å². The molecule has 0 saturated carbocycles. The van der Waals surface area contributed by atoms with Crippen LogP contribution in [0.5, 0.6) is 0 Å². The number of benzene rings is 2. The fourth-order valence-corrected chi connectivity index (χ4v) is 5.40. The fraction of sp³-hybridized carbons (Fsp3) is 0.423. The fourth-order valence-electron chi connectivity index (χ4n) is 5.40. The van der Waals surface area contributed by atoms with Crippen LogP contribution in [-0.2, 0) is 0 Å². The van der Waals surface area contributed by atoms with Crippen LogP contribution in [0.1, 0.15) is 30.1 Å². The maximum atomic E-state index is 13.6. The number of halogens is 1. The van der Waals surface area contributed by atoms with Crippen LogP contribution < -0.4 is 5.32 Å². The molecule has 1 N–H and O–H groups in total. The zero-order valence-electron chi connectivity index (χ0n) is 18.9. The summed E-state index contributed by atoms with van der Waals surface area (Å²) in [6, 6.07) is 14.1. The van der Waals surface area contributed by atoms with E-state index < -0.39 is 0 Å². The first-order chi connectivity index (χ1) is 15.5. The molecule has 5 nitrogen and oxygen atoms in total. The van der Waals surface area contributed by atoms with E-state index in [1.54, 1.807) is 12.1 Å². The minimum absolute atomic E-state index is 0.0675. The Morgan fingerprint density at radius 2 is 1.75 bits per heavy atom. The smallest absolute Gasteiger partial charge is 0.317 e. The average molecular weight is 434 g/mol. The lowest BCUT2D eigenvalue weighted by molar-refractivity contribution is 0.167. The first kappa shape index (κ1) is 21.0. The molecule has 2 amide bonds. The summed E-state index contributed by atoms with van der Waals surface area (Å²) < 4.78 is 16.1. The van der Waals surface area contributed by atoms with E-state index in [1.165, 1.54) is 27.7 Å². The topological polar surface area (TPSA) is 40.5 Å². The van der Waals surface area contributed by atoms with Crippen LogP contribution in [0.25, 0.3) is 22.0 Å². The van der Waals surface area contributed by atoms with E-state index in [1.807, 2.05) is 17.0 Å². The Bertz CT molecular complexity index is 1130. The van der Waals surface area contributed by atoms with Crippen molar-refractivity contribution in [1.82, 2.24) is 19.7 Å². The van der Waals surface area contributed by atoms with E-state index in [2.05, 4.69) is 46.8 Å². The molecule has 2 aliphatic heterocycles. The molecule has 0 unspecified atom stereocenters. The number of hydrogen-bond acceptors (Lipinski definition) is 2. The van der Waals surface area contributed by atoms with Crippen LogP contribution >= 0.6 is 0 Å². The standard InChI is InChI=1S/C26H31FN4O/c1-18-3-8-24-23(17-18)25(20-4-6-21(27)7-5-20)19(2)31(24)22-9-12-29(13-10-22)15-16-30-14-11-28-26(30)32/h3-8,17,22H,9-16H2,1-2H3,(H,28,32)/i26-1. The Labute approximate surface area is 188 Å². The van der Waals surface area contributed by atoms with Crippen molar-refractivity contribution in [3.63, 3.8) is 0 Å². The molecule has 5 rings (SSSR count). The number of hydrogen-bond donors (Lipinski definition) is 1. The van der Waals surface area contributed by atoms with Gasteiger partial charge in [0.1, 0.15) is 5.82 Å². The number of amides is 2. The maximum absolute atomic E-state index is 13.6. The van der Waals surface area contributed by atoms with Gasteiger partial charge in [-0.3, -0.25) is 0 Å². The summed E-state index contributed by atoms with van der Waals surface area (Å²) in [7, 11) is 0. The highest BCUT2D eigenvalue weighted by Gasteiger charge is 2.26. The maximum Gasteiger partial charge on any atom is 0.317 e. The van der Waals surface area contributed by atoms with Gasteiger partial charge in [0.15, 0.2) is 0 Å². The van der Waals surface area contributed by atoms with Crippen LogP contribution in [0.15, 0.2) is 42.5 Å². The highest BCUT2D eigenvalue weighted by molar-refractivity contribution is 5.98. The lowest BCUT2D eigenvalue weighted by Gasteiger charge is -2.34. The molecule has 2 aliphatic rings. The minimum Gasteiger partial charge on any atom is -0.341 e. The Hall–Kier alpha value is -2.86. The summed E-state index contributed by atoms with van der Waals surface area (Å²) in [5.41, 5.74) is 6.04. The van der Waals surface area contributed by atoms with E-state index in [0.29, 0.717) is 6.04 Å². The third-order valence-electron chi connectivity index (χ3n) is 7.09. The van der Waals surface area contributed by atoms with Crippen molar-refractivity contribution in [2.45, 2.75) is 32.7 Å². The summed E-state index contributed by atoms with van der Waals surface area (Å²) >= 11 is 0. The van der Waals surface area contributed by atoms with Crippen molar-refractivity contribution in [3.8, 4) is 11.1 Å². The molecule has 168 valence electrons. The van der Waals surface area contributed by atoms with E-state index in [4.69, 9.17) is 0 Å². The van der Waals surface area contributed by atoms with Gasteiger partial charge >= 0.3 is 6.03 Å². The van der Waals surface area contributed by atoms with Gasteiger partial charge in [-0.05, 0) is 56.5 Å². The Balaban J connectivity index is 1.38. The van der Waals surface area contributed by atoms with Crippen LogP contribution in [0.3, 0.4) is 0 Å². The number of piperidine rings is 1. The average Bonchev–Trinajstić information content (AvgIpc) is 3.33. The van der Waals surface area contributed by atoms with Crippen molar-refractivity contribution < 1.29 is 9.18 Å². The molecule has 0 aliphatic carbocycles. The molecule has 0 radical (unpaired) electrons. The molecular formula is C26H31FN4O. The van der Waals surface area contributed by atoms with Crippen molar-refractivity contribution in [3.05, 3.63) is 59.5 Å². The Morgan fingerprint density at radius 3 is 2.44 bits per heavy atom. The summed E-state index contributed by atoms with van der Waals surface area (Å²) in [5.74, 6) is -0.204. The Morgan fingerprint density at radius 1 is 1.00 bits per heavy atom. The molecular weight excluding hydrogens is 402 g/mol. The van der Waals surface area contributed by atoms with Crippen LogP contribution in [0, 0.1) is 19.7 Å². The summed E-state index contributed by atoms with van der Waals surface area (Å²) in [6.07, 6.45) is 2.18. The van der Waals surface area contributed by atoms with Gasteiger partial charge in [-0.2, -0.15) is 0 Å².